The molecule has 0 aromatic heterocycles. The molecule has 0 saturated heterocycles. The molecule has 0 fully saturated rings. The molecule has 0 spiro atoms. The molecule has 2 nitrogen and oxygen atoms in total. The molecule has 7 aromatic carbocycles. The lowest BCUT2D eigenvalue weighted by atomic mass is 9.32. The zero-order valence-corrected chi connectivity index (χ0v) is 45.0. The van der Waals surface area contributed by atoms with Crippen LogP contribution in [-0.4, -0.2) is 6.71 Å². The summed E-state index contributed by atoms with van der Waals surface area (Å²) in [5, 5.41) is 0. The molecule has 7 aromatic rings. The van der Waals surface area contributed by atoms with Gasteiger partial charge >= 0.3 is 0 Å². The number of hydrogen-bond acceptors (Lipinski definition) is 2. The average molecular weight is 919 g/mol. The van der Waals surface area contributed by atoms with Crippen LogP contribution in [0.2, 0.25) is 0 Å². The third-order valence-corrected chi connectivity index (χ3v) is 17.5. The minimum absolute atomic E-state index is 0.0171. The maximum absolute atomic E-state index is 2.71. The summed E-state index contributed by atoms with van der Waals surface area (Å²) in [5.41, 5.74) is 26.9. The Morgan fingerprint density at radius 3 is 1.07 bits per heavy atom. The van der Waals surface area contributed by atoms with E-state index in [9.17, 15) is 0 Å². The van der Waals surface area contributed by atoms with E-state index in [-0.39, 0.29) is 39.2 Å². The molecule has 3 heteroatoms. The molecule has 2 heterocycles. The van der Waals surface area contributed by atoms with E-state index >= 15 is 0 Å². The first-order chi connectivity index (χ1) is 32.9. The van der Waals surface area contributed by atoms with Crippen molar-refractivity contribution in [3.05, 3.63) is 172 Å². The van der Waals surface area contributed by atoms with Gasteiger partial charge in [-0.3, -0.25) is 0 Å². The summed E-state index contributed by atoms with van der Waals surface area (Å²) in [6, 6.07) is 52.8. The van der Waals surface area contributed by atoms with Crippen LogP contribution in [0.5, 0.6) is 0 Å². The lowest BCUT2D eigenvalue weighted by Crippen LogP contribution is -2.62. The highest BCUT2D eigenvalue weighted by molar-refractivity contribution is 7.00. The van der Waals surface area contributed by atoms with Crippen molar-refractivity contribution in [2.45, 2.75) is 162 Å². The Labute approximate surface area is 421 Å². The SMILES string of the molecule is Cc1cc2c3c(c1)N(c1ccc(C(C)(C)C)cc1-c1ccccc1)c1cc4c(cc1B3c1cc3c(cc1N2c1ccc(C(C)(C)C)cc1-c1ccccc1)C(C)(C)CCC3(C)C)C(C)(C)CCC4(C)C. The van der Waals surface area contributed by atoms with E-state index in [4.69, 9.17) is 0 Å². The Kier molecular flexibility index (Phi) is 10.4. The van der Waals surface area contributed by atoms with E-state index < -0.39 is 0 Å². The van der Waals surface area contributed by atoms with E-state index in [0.29, 0.717) is 0 Å². The van der Waals surface area contributed by atoms with Gasteiger partial charge in [0.05, 0.1) is 11.4 Å². The number of fused-ring (bicyclic) bond motifs is 6. The summed E-state index contributed by atoms with van der Waals surface area (Å²) < 4.78 is 0. The lowest BCUT2D eigenvalue weighted by molar-refractivity contribution is 0.332. The van der Waals surface area contributed by atoms with Crippen LogP contribution in [0.3, 0.4) is 0 Å². The Morgan fingerprint density at radius 2 is 0.729 bits per heavy atom. The van der Waals surface area contributed by atoms with Gasteiger partial charge in [0.15, 0.2) is 0 Å². The first kappa shape index (κ1) is 46.6. The fourth-order valence-electron chi connectivity index (χ4n) is 12.9. The minimum Gasteiger partial charge on any atom is -0.311 e. The maximum Gasteiger partial charge on any atom is 0.252 e. The fraction of sp³-hybridized carbons (Fsp3) is 0.373. The molecule has 356 valence electrons. The first-order valence-corrected chi connectivity index (χ1v) is 26.4. The van der Waals surface area contributed by atoms with Crippen molar-refractivity contribution in [1.82, 2.24) is 0 Å². The smallest absolute Gasteiger partial charge is 0.252 e. The van der Waals surface area contributed by atoms with Crippen molar-refractivity contribution in [2.24, 2.45) is 0 Å². The molecule has 70 heavy (non-hydrogen) atoms. The topological polar surface area (TPSA) is 6.48 Å². The zero-order chi connectivity index (χ0) is 49.7. The third-order valence-electron chi connectivity index (χ3n) is 17.5. The van der Waals surface area contributed by atoms with E-state index in [1.54, 1.807) is 0 Å². The van der Waals surface area contributed by atoms with Gasteiger partial charge < -0.3 is 9.80 Å². The van der Waals surface area contributed by atoms with E-state index in [2.05, 4.69) is 247 Å². The van der Waals surface area contributed by atoms with Gasteiger partial charge in [-0.15, -0.1) is 0 Å². The summed E-state index contributed by atoms with van der Waals surface area (Å²) >= 11 is 0. The van der Waals surface area contributed by atoms with Gasteiger partial charge in [0, 0.05) is 33.9 Å². The largest absolute Gasteiger partial charge is 0.311 e. The molecular formula is C67H75BN2. The van der Waals surface area contributed by atoms with Gasteiger partial charge in [-0.25, -0.2) is 0 Å². The number of rotatable bonds is 4. The molecule has 4 aliphatic rings. The summed E-state index contributed by atoms with van der Waals surface area (Å²) in [7, 11) is 0. The zero-order valence-electron chi connectivity index (χ0n) is 45.0. The summed E-state index contributed by atoms with van der Waals surface area (Å²) in [6.45, 7) is 36.4. The highest BCUT2D eigenvalue weighted by Crippen LogP contribution is 2.55. The van der Waals surface area contributed by atoms with Crippen molar-refractivity contribution in [3.63, 3.8) is 0 Å². The number of benzene rings is 7. The summed E-state index contributed by atoms with van der Waals surface area (Å²) in [5.74, 6) is 0. The molecule has 2 aliphatic heterocycles. The van der Waals surface area contributed by atoms with E-state index in [1.165, 1.54) is 125 Å². The standard InChI is InChI=1S/C67H75BN2/c1-42-34-59-61-60(35-42)70(56-29-27-46(63(5,6)7)37-48(56)44-24-20-17-21-25-44)58-41-52-50(65(10,11)31-33-67(52,14)15)39-54(58)68(61)53-38-49-51(66(12,13)32-30-64(49,8)9)40-57(53)69(59)55-28-26-45(62(2,3)4)36-47(55)43-22-18-16-19-23-43/h16-29,34-41H,30-33H2,1-15H3. The normalized spacial score (nSPS) is 18.1. The van der Waals surface area contributed by atoms with Crippen LogP contribution in [-0.2, 0) is 32.5 Å². The molecule has 0 bridgehead atoms. The van der Waals surface area contributed by atoms with Gasteiger partial charge in [0.1, 0.15) is 0 Å². The van der Waals surface area contributed by atoms with E-state index in [0.717, 1.165) is 12.8 Å². The quantitative estimate of drug-likeness (QED) is 0.162. The molecule has 0 N–H and O–H groups in total. The maximum atomic E-state index is 2.71. The predicted molar refractivity (Wildman–Crippen MR) is 304 cm³/mol. The molecule has 0 amide bonds. The van der Waals surface area contributed by atoms with Crippen molar-refractivity contribution in [3.8, 4) is 22.3 Å². The van der Waals surface area contributed by atoms with Crippen LogP contribution in [0.4, 0.5) is 34.1 Å². The summed E-state index contributed by atoms with van der Waals surface area (Å²) in [4.78, 5) is 5.42. The number of nitrogens with zero attached hydrogens (tertiary/aromatic N) is 2. The molecule has 0 saturated carbocycles. The molecule has 11 rings (SSSR count). The average Bonchev–Trinajstić information content (AvgIpc) is 3.31. The Balaban J connectivity index is 1.31. The lowest BCUT2D eigenvalue weighted by Gasteiger charge is -2.49. The van der Waals surface area contributed by atoms with Gasteiger partial charge in [0.2, 0.25) is 0 Å². The minimum atomic E-state index is -0.0190. The second kappa shape index (κ2) is 15.6. The van der Waals surface area contributed by atoms with Crippen molar-refractivity contribution < 1.29 is 0 Å². The van der Waals surface area contributed by atoms with Gasteiger partial charge in [0.25, 0.3) is 6.71 Å². The second-order valence-corrected chi connectivity index (χ2v) is 26.5. The van der Waals surface area contributed by atoms with Crippen LogP contribution in [0, 0.1) is 6.92 Å². The fourth-order valence-corrected chi connectivity index (χ4v) is 12.9. The van der Waals surface area contributed by atoms with Gasteiger partial charge in [-0.05, 0) is 180 Å². The first-order valence-electron chi connectivity index (χ1n) is 26.4. The second-order valence-electron chi connectivity index (χ2n) is 26.5. The molecule has 0 radical (unpaired) electrons. The van der Waals surface area contributed by atoms with Crippen molar-refractivity contribution >= 4 is 57.2 Å². The third kappa shape index (κ3) is 7.34. The van der Waals surface area contributed by atoms with Gasteiger partial charge in [-0.2, -0.15) is 0 Å². The van der Waals surface area contributed by atoms with Crippen LogP contribution in [0.15, 0.2) is 133 Å². The number of aryl methyl sites for hydroxylation is 1. The molecule has 2 aliphatic carbocycles. The molecular weight excluding hydrogens is 844 g/mol. The highest BCUT2D eigenvalue weighted by Gasteiger charge is 2.49. The van der Waals surface area contributed by atoms with Crippen molar-refractivity contribution in [1.29, 1.82) is 0 Å². The van der Waals surface area contributed by atoms with E-state index in [1.807, 2.05) is 0 Å². The number of anilines is 6. The van der Waals surface area contributed by atoms with Crippen LogP contribution in [0.25, 0.3) is 22.3 Å². The van der Waals surface area contributed by atoms with Crippen LogP contribution in [0.1, 0.15) is 162 Å². The molecule has 0 atom stereocenters. The van der Waals surface area contributed by atoms with Gasteiger partial charge in [-0.1, -0.05) is 182 Å². The Hall–Kier alpha value is -5.80. The Morgan fingerprint density at radius 1 is 0.386 bits per heavy atom. The highest BCUT2D eigenvalue weighted by atomic mass is 15.2. The van der Waals surface area contributed by atoms with Crippen LogP contribution < -0.4 is 26.2 Å². The summed E-state index contributed by atoms with van der Waals surface area (Å²) in [6.07, 6.45) is 4.66. The number of hydrogen-bond donors (Lipinski definition) is 0. The monoisotopic (exact) mass is 919 g/mol. The van der Waals surface area contributed by atoms with Crippen molar-refractivity contribution in [2.75, 3.05) is 9.80 Å². The predicted octanol–water partition coefficient (Wildman–Crippen LogP) is 16.7. The Bertz CT molecular complexity index is 3030. The van der Waals surface area contributed by atoms with Crippen LogP contribution >= 0.6 is 0 Å². The molecule has 0 unspecified atom stereocenters.